The molecule has 0 fully saturated rings. The van der Waals surface area contributed by atoms with E-state index in [0.717, 1.165) is 28.9 Å². The van der Waals surface area contributed by atoms with Crippen LogP contribution in [0.25, 0.3) is 11.0 Å². The standard InChI is InChI=1S/C14H15F3N8/c1-24-11-3-2-8(4-10(11)21-23-24)20-12-9-5-25(6-14(15,16)17)22-13(9)19-7-18-12/h5,7-8H,2-4,6H2,1H3,(H,18,19,20,22). The number of hydrogen-bond donors (Lipinski definition) is 1. The molecule has 25 heavy (non-hydrogen) atoms. The first-order chi connectivity index (χ1) is 11.9. The van der Waals surface area contributed by atoms with Gasteiger partial charge in [0.1, 0.15) is 18.7 Å². The largest absolute Gasteiger partial charge is 0.408 e. The maximum absolute atomic E-state index is 12.6. The summed E-state index contributed by atoms with van der Waals surface area (Å²) in [5.74, 6) is 0.482. The first-order valence-electron chi connectivity index (χ1n) is 7.78. The Labute approximate surface area is 140 Å². The molecule has 0 bridgehead atoms. The van der Waals surface area contributed by atoms with Crippen molar-refractivity contribution in [2.75, 3.05) is 5.32 Å². The van der Waals surface area contributed by atoms with Crippen LogP contribution in [0, 0.1) is 0 Å². The fourth-order valence-corrected chi connectivity index (χ4v) is 3.11. The van der Waals surface area contributed by atoms with Crippen LogP contribution >= 0.6 is 0 Å². The predicted molar refractivity (Wildman–Crippen MR) is 81.8 cm³/mol. The molecule has 132 valence electrons. The van der Waals surface area contributed by atoms with E-state index in [2.05, 4.69) is 30.7 Å². The summed E-state index contributed by atoms with van der Waals surface area (Å²) in [5, 5.41) is 15.8. The summed E-state index contributed by atoms with van der Waals surface area (Å²) in [4.78, 5) is 8.12. The summed E-state index contributed by atoms with van der Waals surface area (Å²) >= 11 is 0. The summed E-state index contributed by atoms with van der Waals surface area (Å²) in [7, 11) is 1.86. The van der Waals surface area contributed by atoms with Crippen LogP contribution < -0.4 is 5.32 Å². The number of aromatic nitrogens is 7. The van der Waals surface area contributed by atoms with E-state index in [1.165, 1.54) is 12.5 Å². The van der Waals surface area contributed by atoms with Gasteiger partial charge in [0.15, 0.2) is 5.65 Å². The van der Waals surface area contributed by atoms with Crippen molar-refractivity contribution in [2.24, 2.45) is 7.05 Å². The maximum atomic E-state index is 12.6. The summed E-state index contributed by atoms with van der Waals surface area (Å²) in [6.07, 6.45) is 0.655. The van der Waals surface area contributed by atoms with Crippen LogP contribution in [-0.2, 0) is 26.4 Å². The highest BCUT2D eigenvalue weighted by atomic mass is 19.4. The zero-order chi connectivity index (χ0) is 17.6. The van der Waals surface area contributed by atoms with Gasteiger partial charge in [0.2, 0.25) is 0 Å². The third kappa shape index (κ3) is 3.13. The van der Waals surface area contributed by atoms with Crippen molar-refractivity contribution in [1.82, 2.24) is 34.7 Å². The number of halogens is 3. The molecule has 1 unspecified atom stereocenters. The van der Waals surface area contributed by atoms with Crippen molar-refractivity contribution < 1.29 is 13.2 Å². The van der Waals surface area contributed by atoms with Gasteiger partial charge in [-0.15, -0.1) is 5.10 Å². The number of nitrogens with zero attached hydrogens (tertiary/aromatic N) is 7. The van der Waals surface area contributed by atoms with Gasteiger partial charge in [0, 0.05) is 25.7 Å². The third-order valence-electron chi connectivity index (χ3n) is 4.24. The van der Waals surface area contributed by atoms with Crippen LogP contribution in [0.3, 0.4) is 0 Å². The van der Waals surface area contributed by atoms with Crippen molar-refractivity contribution in [3.63, 3.8) is 0 Å². The lowest BCUT2D eigenvalue weighted by Crippen LogP contribution is -2.28. The van der Waals surface area contributed by atoms with Gasteiger partial charge in [0.25, 0.3) is 0 Å². The van der Waals surface area contributed by atoms with E-state index < -0.39 is 12.7 Å². The topological polar surface area (TPSA) is 86.3 Å². The Kier molecular flexibility index (Phi) is 3.58. The van der Waals surface area contributed by atoms with Crippen LogP contribution in [0.4, 0.5) is 19.0 Å². The zero-order valence-electron chi connectivity index (χ0n) is 13.3. The van der Waals surface area contributed by atoms with Gasteiger partial charge in [-0.1, -0.05) is 5.21 Å². The van der Waals surface area contributed by atoms with Gasteiger partial charge in [0.05, 0.1) is 16.8 Å². The minimum absolute atomic E-state index is 0.0771. The molecular weight excluding hydrogens is 337 g/mol. The Morgan fingerprint density at radius 2 is 2.16 bits per heavy atom. The molecule has 8 nitrogen and oxygen atoms in total. The second-order valence-corrected chi connectivity index (χ2v) is 6.09. The maximum Gasteiger partial charge on any atom is 0.408 e. The van der Waals surface area contributed by atoms with Crippen molar-refractivity contribution >= 4 is 16.9 Å². The van der Waals surface area contributed by atoms with Gasteiger partial charge < -0.3 is 5.32 Å². The smallest absolute Gasteiger partial charge is 0.366 e. The molecular formula is C14H15F3N8. The third-order valence-corrected chi connectivity index (χ3v) is 4.24. The van der Waals surface area contributed by atoms with Gasteiger partial charge in [-0.05, 0) is 12.8 Å². The second kappa shape index (κ2) is 5.67. The Hall–Kier alpha value is -2.72. The molecule has 1 N–H and O–H groups in total. The highest BCUT2D eigenvalue weighted by molar-refractivity contribution is 5.85. The molecule has 1 aliphatic rings. The number of hydrogen-bond acceptors (Lipinski definition) is 6. The number of fused-ring (bicyclic) bond motifs is 2. The molecule has 1 atom stereocenters. The lowest BCUT2D eigenvalue weighted by atomic mass is 9.96. The molecule has 0 spiro atoms. The fourth-order valence-electron chi connectivity index (χ4n) is 3.11. The van der Waals surface area contributed by atoms with Gasteiger partial charge in [-0.3, -0.25) is 9.36 Å². The molecule has 3 aromatic heterocycles. The Morgan fingerprint density at radius 1 is 1.32 bits per heavy atom. The predicted octanol–water partition coefficient (Wildman–Crippen LogP) is 1.49. The van der Waals surface area contributed by atoms with E-state index in [0.29, 0.717) is 17.6 Å². The van der Waals surface area contributed by atoms with Gasteiger partial charge in [-0.25, -0.2) is 9.97 Å². The van der Waals surface area contributed by atoms with Crippen LogP contribution in [0.5, 0.6) is 0 Å². The van der Waals surface area contributed by atoms with Crippen molar-refractivity contribution in [1.29, 1.82) is 0 Å². The van der Waals surface area contributed by atoms with Gasteiger partial charge >= 0.3 is 6.18 Å². The molecule has 0 saturated heterocycles. The normalized spacial score (nSPS) is 17.7. The highest BCUT2D eigenvalue weighted by Crippen LogP contribution is 2.25. The Bertz CT molecular complexity index is 913. The zero-order valence-corrected chi connectivity index (χ0v) is 13.3. The van der Waals surface area contributed by atoms with Crippen LogP contribution in [0.2, 0.25) is 0 Å². The lowest BCUT2D eigenvalue weighted by molar-refractivity contribution is -0.142. The Balaban J connectivity index is 1.57. The number of alkyl halides is 3. The van der Waals surface area contributed by atoms with Crippen molar-refractivity contribution in [3.05, 3.63) is 23.9 Å². The average Bonchev–Trinajstić information content (AvgIpc) is 3.09. The molecule has 3 aromatic rings. The van der Waals surface area contributed by atoms with Crippen LogP contribution in [0.1, 0.15) is 17.8 Å². The molecule has 0 amide bonds. The van der Waals surface area contributed by atoms with E-state index in [-0.39, 0.29) is 11.7 Å². The number of rotatable bonds is 3. The lowest BCUT2D eigenvalue weighted by Gasteiger charge is -2.23. The average molecular weight is 352 g/mol. The van der Waals surface area contributed by atoms with Crippen LogP contribution in [0.15, 0.2) is 12.5 Å². The second-order valence-electron chi connectivity index (χ2n) is 6.09. The monoisotopic (exact) mass is 352 g/mol. The van der Waals surface area contributed by atoms with E-state index in [4.69, 9.17) is 0 Å². The van der Waals surface area contributed by atoms with Crippen molar-refractivity contribution in [3.8, 4) is 0 Å². The molecule has 0 saturated carbocycles. The molecule has 0 aliphatic heterocycles. The SMILES string of the molecule is Cn1nnc2c1CCC(Nc1ncnc3nn(CC(F)(F)F)cc13)C2. The minimum Gasteiger partial charge on any atom is -0.366 e. The molecule has 0 radical (unpaired) electrons. The number of anilines is 1. The first kappa shape index (κ1) is 15.8. The molecule has 3 heterocycles. The number of nitrogens with one attached hydrogen (secondary N) is 1. The summed E-state index contributed by atoms with van der Waals surface area (Å²) in [5.41, 5.74) is 2.28. The summed E-state index contributed by atoms with van der Waals surface area (Å²) in [6.45, 7) is -1.16. The van der Waals surface area contributed by atoms with E-state index in [1.54, 1.807) is 4.68 Å². The highest BCUT2D eigenvalue weighted by Gasteiger charge is 2.29. The molecule has 1 aliphatic carbocycles. The van der Waals surface area contributed by atoms with E-state index in [1.807, 2.05) is 7.05 Å². The molecule has 11 heteroatoms. The first-order valence-corrected chi connectivity index (χ1v) is 7.78. The number of aryl methyl sites for hydroxylation is 1. The summed E-state index contributed by atoms with van der Waals surface area (Å²) < 4.78 is 40.3. The fraction of sp³-hybridized carbons (Fsp3) is 0.500. The quantitative estimate of drug-likeness (QED) is 0.769. The summed E-state index contributed by atoms with van der Waals surface area (Å²) in [6, 6.07) is 0.0771. The minimum atomic E-state index is -4.34. The van der Waals surface area contributed by atoms with Crippen LogP contribution in [-0.4, -0.2) is 47.0 Å². The molecule has 4 rings (SSSR count). The van der Waals surface area contributed by atoms with E-state index >= 15 is 0 Å². The van der Waals surface area contributed by atoms with E-state index in [9.17, 15) is 13.2 Å². The molecule has 0 aromatic carbocycles. The Morgan fingerprint density at radius 3 is 2.96 bits per heavy atom. The van der Waals surface area contributed by atoms with Crippen molar-refractivity contribution in [2.45, 2.75) is 38.0 Å². The van der Waals surface area contributed by atoms with Gasteiger partial charge in [-0.2, -0.15) is 18.3 Å².